The van der Waals surface area contributed by atoms with Crippen LogP contribution in [0.3, 0.4) is 0 Å². The van der Waals surface area contributed by atoms with Gasteiger partial charge in [0.1, 0.15) is 5.82 Å². The largest absolute Gasteiger partial charge is 0.351 e. The molecule has 98 valence electrons. The third-order valence-electron chi connectivity index (χ3n) is 3.12. The molecular formula is C13H15BrFNOS. The Morgan fingerprint density at radius 2 is 2.39 bits per heavy atom. The number of hydrogen-bond acceptors (Lipinski definition) is 2. The number of nitrogens with one attached hydrogen (secondary N) is 1. The van der Waals surface area contributed by atoms with Gasteiger partial charge in [-0.2, -0.15) is 11.8 Å². The van der Waals surface area contributed by atoms with Gasteiger partial charge in [-0.3, -0.25) is 4.79 Å². The third kappa shape index (κ3) is 3.06. The molecule has 1 amide bonds. The lowest BCUT2D eigenvalue weighted by atomic mass is 10.1. The van der Waals surface area contributed by atoms with E-state index >= 15 is 0 Å². The number of carbonyl (C=O) groups is 1. The van der Waals surface area contributed by atoms with Gasteiger partial charge in [-0.1, -0.05) is 6.07 Å². The summed E-state index contributed by atoms with van der Waals surface area (Å²) in [4.78, 5) is 12.0. The second-order valence-electron chi connectivity index (χ2n) is 4.69. The molecule has 1 aromatic rings. The van der Waals surface area contributed by atoms with E-state index < -0.39 is 5.82 Å². The van der Waals surface area contributed by atoms with Gasteiger partial charge < -0.3 is 5.32 Å². The normalized spacial score (nSPS) is 23.1. The second kappa shape index (κ2) is 5.61. The standard InChI is InChI=1S/C13H15BrFNOS/c1-13(6-3-7-18-13)8-16-12(17)9-4-2-5-10(15)11(9)14/h2,4-5H,3,6-8H2,1H3,(H,16,17). The van der Waals surface area contributed by atoms with Gasteiger partial charge in [0.25, 0.3) is 5.91 Å². The zero-order valence-corrected chi connectivity index (χ0v) is 12.5. The molecule has 0 saturated carbocycles. The van der Waals surface area contributed by atoms with Crippen molar-refractivity contribution in [1.29, 1.82) is 0 Å². The first-order valence-corrected chi connectivity index (χ1v) is 7.66. The summed E-state index contributed by atoms with van der Waals surface area (Å²) in [5, 5.41) is 2.89. The number of rotatable bonds is 3. The Balaban J connectivity index is 2.01. The van der Waals surface area contributed by atoms with E-state index in [1.54, 1.807) is 12.1 Å². The highest BCUT2D eigenvalue weighted by Crippen LogP contribution is 2.37. The number of amides is 1. The highest BCUT2D eigenvalue weighted by molar-refractivity contribution is 9.10. The third-order valence-corrected chi connectivity index (χ3v) is 5.46. The molecule has 0 radical (unpaired) electrons. The van der Waals surface area contributed by atoms with Crippen molar-refractivity contribution in [3.63, 3.8) is 0 Å². The average Bonchev–Trinajstić information content (AvgIpc) is 2.77. The van der Waals surface area contributed by atoms with Gasteiger partial charge in [-0.25, -0.2) is 4.39 Å². The van der Waals surface area contributed by atoms with E-state index in [9.17, 15) is 9.18 Å². The Hall–Kier alpha value is -0.550. The lowest BCUT2D eigenvalue weighted by Crippen LogP contribution is -2.36. The summed E-state index contributed by atoms with van der Waals surface area (Å²) in [5.74, 6) is 0.509. The highest BCUT2D eigenvalue weighted by Gasteiger charge is 2.30. The average molecular weight is 332 g/mol. The smallest absolute Gasteiger partial charge is 0.252 e. The Morgan fingerprint density at radius 1 is 1.61 bits per heavy atom. The molecule has 1 saturated heterocycles. The van der Waals surface area contributed by atoms with Crippen LogP contribution in [0.25, 0.3) is 0 Å². The zero-order chi connectivity index (χ0) is 13.2. The number of thioether (sulfide) groups is 1. The van der Waals surface area contributed by atoms with Gasteiger partial charge in [0.15, 0.2) is 0 Å². The van der Waals surface area contributed by atoms with Crippen LogP contribution < -0.4 is 5.32 Å². The lowest BCUT2D eigenvalue weighted by molar-refractivity contribution is 0.0948. The molecule has 0 bridgehead atoms. The Labute approximate surface area is 119 Å². The maximum atomic E-state index is 13.3. The first-order chi connectivity index (χ1) is 8.52. The summed E-state index contributed by atoms with van der Waals surface area (Å²) < 4.78 is 13.7. The Bertz CT molecular complexity index is 460. The van der Waals surface area contributed by atoms with Crippen LogP contribution in [0.15, 0.2) is 22.7 Å². The molecule has 1 atom stereocenters. The molecule has 1 aromatic carbocycles. The molecular weight excluding hydrogens is 317 g/mol. The van der Waals surface area contributed by atoms with E-state index in [1.807, 2.05) is 11.8 Å². The topological polar surface area (TPSA) is 29.1 Å². The fourth-order valence-electron chi connectivity index (χ4n) is 2.02. The van der Waals surface area contributed by atoms with Gasteiger partial charge in [0.2, 0.25) is 0 Å². The van der Waals surface area contributed by atoms with E-state index in [0.717, 1.165) is 12.2 Å². The molecule has 1 fully saturated rings. The fraction of sp³-hybridized carbons (Fsp3) is 0.462. The van der Waals surface area contributed by atoms with Crippen molar-refractivity contribution in [2.45, 2.75) is 24.5 Å². The highest BCUT2D eigenvalue weighted by atomic mass is 79.9. The van der Waals surface area contributed by atoms with Crippen molar-refractivity contribution in [3.8, 4) is 0 Å². The van der Waals surface area contributed by atoms with E-state index in [-0.39, 0.29) is 15.1 Å². The Morgan fingerprint density at radius 3 is 3.06 bits per heavy atom. The summed E-state index contributed by atoms with van der Waals surface area (Å²) in [6.45, 7) is 2.78. The van der Waals surface area contributed by atoms with Crippen LogP contribution in [0, 0.1) is 5.82 Å². The molecule has 1 aliphatic heterocycles. The van der Waals surface area contributed by atoms with E-state index in [4.69, 9.17) is 0 Å². The quantitative estimate of drug-likeness (QED) is 0.916. The fourth-order valence-corrected chi connectivity index (χ4v) is 3.71. The Kier molecular flexibility index (Phi) is 4.33. The first kappa shape index (κ1) is 13.9. The van der Waals surface area contributed by atoms with Crippen LogP contribution in [-0.4, -0.2) is 23.0 Å². The van der Waals surface area contributed by atoms with Gasteiger partial charge >= 0.3 is 0 Å². The molecule has 0 aromatic heterocycles. The number of halogens is 2. The van der Waals surface area contributed by atoms with Crippen molar-refractivity contribution in [2.24, 2.45) is 0 Å². The van der Waals surface area contributed by atoms with Crippen molar-refractivity contribution in [2.75, 3.05) is 12.3 Å². The van der Waals surface area contributed by atoms with Crippen LogP contribution in [-0.2, 0) is 0 Å². The number of hydrogen-bond donors (Lipinski definition) is 1. The minimum absolute atomic E-state index is 0.120. The summed E-state index contributed by atoms with van der Waals surface area (Å²) in [7, 11) is 0. The van der Waals surface area contributed by atoms with Crippen molar-refractivity contribution in [3.05, 3.63) is 34.1 Å². The van der Waals surface area contributed by atoms with Crippen molar-refractivity contribution < 1.29 is 9.18 Å². The van der Waals surface area contributed by atoms with Crippen LogP contribution in [0.4, 0.5) is 4.39 Å². The summed E-state index contributed by atoms with van der Waals surface area (Å²) >= 11 is 5.00. The van der Waals surface area contributed by atoms with Gasteiger partial charge in [0, 0.05) is 11.3 Å². The molecule has 1 N–H and O–H groups in total. The number of benzene rings is 1. The lowest BCUT2D eigenvalue weighted by Gasteiger charge is -2.23. The van der Waals surface area contributed by atoms with Crippen LogP contribution in [0.1, 0.15) is 30.1 Å². The van der Waals surface area contributed by atoms with E-state index in [0.29, 0.717) is 12.1 Å². The van der Waals surface area contributed by atoms with Crippen LogP contribution >= 0.6 is 27.7 Å². The zero-order valence-electron chi connectivity index (χ0n) is 10.1. The van der Waals surface area contributed by atoms with Crippen molar-refractivity contribution >= 4 is 33.6 Å². The van der Waals surface area contributed by atoms with Gasteiger partial charge in [-0.15, -0.1) is 0 Å². The molecule has 2 rings (SSSR count). The molecule has 2 nitrogen and oxygen atoms in total. The van der Waals surface area contributed by atoms with E-state index in [1.165, 1.54) is 12.5 Å². The van der Waals surface area contributed by atoms with Crippen LogP contribution in [0.5, 0.6) is 0 Å². The minimum Gasteiger partial charge on any atom is -0.351 e. The maximum absolute atomic E-state index is 13.3. The van der Waals surface area contributed by atoms with Gasteiger partial charge in [0.05, 0.1) is 10.0 Å². The number of carbonyl (C=O) groups excluding carboxylic acids is 1. The molecule has 18 heavy (non-hydrogen) atoms. The predicted octanol–water partition coefficient (Wildman–Crippen LogP) is 3.60. The minimum atomic E-state index is -0.413. The summed E-state index contributed by atoms with van der Waals surface area (Å²) in [6.07, 6.45) is 2.31. The first-order valence-electron chi connectivity index (χ1n) is 5.88. The second-order valence-corrected chi connectivity index (χ2v) is 7.16. The maximum Gasteiger partial charge on any atom is 0.252 e. The SMILES string of the molecule is CC1(CNC(=O)c2cccc(F)c2Br)CCCS1. The van der Waals surface area contributed by atoms with Crippen LogP contribution in [0.2, 0.25) is 0 Å². The summed E-state index contributed by atoms with van der Waals surface area (Å²) in [5.41, 5.74) is 0.349. The van der Waals surface area contributed by atoms with Gasteiger partial charge in [-0.05, 0) is 53.6 Å². The molecule has 1 aliphatic rings. The predicted molar refractivity (Wildman–Crippen MR) is 76.5 cm³/mol. The van der Waals surface area contributed by atoms with E-state index in [2.05, 4.69) is 28.2 Å². The monoisotopic (exact) mass is 331 g/mol. The van der Waals surface area contributed by atoms with Crippen molar-refractivity contribution in [1.82, 2.24) is 5.32 Å². The molecule has 1 heterocycles. The summed E-state index contributed by atoms with van der Waals surface area (Å²) in [6, 6.07) is 4.49. The molecule has 0 spiro atoms. The molecule has 5 heteroatoms. The molecule has 1 unspecified atom stereocenters. The molecule has 0 aliphatic carbocycles.